The molecule has 3 heteroatoms. The first-order valence-corrected chi connectivity index (χ1v) is 6.47. The van der Waals surface area contributed by atoms with Crippen LogP contribution >= 0.6 is 0 Å². The minimum absolute atomic E-state index is 0.0393. The van der Waals surface area contributed by atoms with Crippen LogP contribution in [0, 0.1) is 6.92 Å². The van der Waals surface area contributed by atoms with Crippen LogP contribution in [-0.4, -0.2) is 17.6 Å². The van der Waals surface area contributed by atoms with Gasteiger partial charge < -0.3 is 4.74 Å². The van der Waals surface area contributed by atoms with Gasteiger partial charge in [-0.15, -0.1) is 0 Å². The number of hydrogen-bond donors (Lipinski definition) is 0. The highest BCUT2D eigenvalue weighted by Gasteiger charge is 2.17. The Labute approximate surface area is 117 Å². The second-order valence-corrected chi connectivity index (χ2v) is 4.69. The molecule has 0 fully saturated rings. The largest absolute Gasteiger partial charge is 0.495 e. The molecule has 0 radical (unpaired) electrons. The molecule has 0 atom stereocenters. The van der Waals surface area contributed by atoms with E-state index in [0.717, 1.165) is 16.6 Å². The number of aromatic nitrogens is 1. The summed E-state index contributed by atoms with van der Waals surface area (Å²) in [5.41, 5.74) is 2.39. The number of nitrogens with zero attached hydrogens (tertiary/aromatic N) is 1. The summed E-state index contributed by atoms with van der Waals surface area (Å²) in [6.45, 7) is 1.93. The quantitative estimate of drug-likeness (QED) is 0.708. The Bertz CT molecular complexity index is 772. The molecule has 0 bridgehead atoms. The maximum absolute atomic E-state index is 12.7. The standard InChI is InChI=1S/C17H15NO2/c1-12-11-14-9-6-10-15(20-2)16(14)18(12)17(19)13-7-4-3-5-8-13/h3-11H,1-2H3. The third-order valence-corrected chi connectivity index (χ3v) is 3.41. The van der Waals surface area contributed by atoms with Crippen molar-refractivity contribution in [1.82, 2.24) is 4.57 Å². The average molecular weight is 265 g/mol. The van der Waals surface area contributed by atoms with E-state index in [1.807, 2.05) is 61.5 Å². The summed E-state index contributed by atoms with van der Waals surface area (Å²) in [7, 11) is 1.62. The van der Waals surface area contributed by atoms with Crippen LogP contribution in [0.5, 0.6) is 5.75 Å². The van der Waals surface area contributed by atoms with Gasteiger partial charge >= 0.3 is 0 Å². The van der Waals surface area contributed by atoms with E-state index in [4.69, 9.17) is 4.74 Å². The van der Waals surface area contributed by atoms with Crippen LogP contribution in [0.1, 0.15) is 16.1 Å². The van der Waals surface area contributed by atoms with E-state index in [1.54, 1.807) is 11.7 Å². The molecule has 0 N–H and O–H groups in total. The summed E-state index contributed by atoms with van der Waals surface area (Å²) in [4.78, 5) is 12.7. The van der Waals surface area contributed by atoms with E-state index in [1.165, 1.54) is 0 Å². The molecular weight excluding hydrogens is 250 g/mol. The van der Waals surface area contributed by atoms with Crippen molar-refractivity contribution in [2.45, 2.75) is 6.92 Å². The molecule has 0 aliphatic heterocycles. The number of benzene rings is 2. The zero-order chi connectivity index (χ0) is 14.1. The van der Waals surface area contributed by atoms with Crippen LogP contribution in [-0.2, 0) is 0 Å². The molecule has 3 aromatic rings. The lowest BCUT2D eigenvalue weighted by molar-refractivity contribution is 0.0962. The van der Waals surface area contributed by atoms with Gasteiger partial charge in [0.15, 0.2) is 0 Å². The Morgan fingerprint density at radius 3 is 2.50 bits per heavy atom. The zero-order valence-electron chi connectivity index (χ0n) is 11.5. The first-order chi connectivity index (χ1) is 9.72. The van der Waals surface area contributed by atoms with Crippen molar-refractivity contribution in [3.05, 3.63) is 65.9 Å². The summed E-state index contributed by atoms with van der Waals surface area (Å²) in [6, 6.07) is 17.1. The minimum Gasteiger partial charge on any atom is -0.495 e. The number of fused-ring (bicyclic) bond motifs is 1. The average Bonchev–Trinajstić information content (AvgIpc) is 2.83. The van der Waals surface area contributed by atoms with Crippen molar-refractivity contribution in [3.8, 4) is 5.75 Å². The Hall–Kier alpha value is -2.55. The summed E-state index contributed by atoms with van der Waals surface area (Å²) >= 11 is 0. The first kappa shape index (κ1) is 12.5. The Kier molecular flexibility index (Phi) is 3.03. The second-order valence-electron chi connectivity index (χ2n) is 4.69. The Morgan fingerprint density at radius 2 is 1.80 bits per heavy atom. The van der Waals surface area contributed by atoms with Gasteiger partial charge in [0, 0.05) is 16.6 Å². The number of carbonyl (C=O) groups excluding carboxylic acids is 1. The second kappa shape index (κ2) is 4.85. The summed E-state index contributed by atoms with van der Waals surface area (Å²) in [5, 5.41) is 1.01. The van der Waals surface area contributed by atoms with Crippen LogP contribution in [0.25, 0.3) is 10.9 Å². The van der Waals surface area contributed by atoms with Crippen molar-refractivity contribution in [2.75, 3.05) is 7.11 Å². The van der Waals surface area contributed by atoms with Crippen LogP contribution in [0.15, 0.2) is 54.6 Å². The van der Waals surface area contributed by atoms with E-state index in [-0.39, 0.29) is 5.91 Å². The normalized spacial score (nSPS) is 10.7. The van der Waals surface area contributed by atoms with Gasteiger partial charge in [0.05, 0.1) is 12.6 Å². The number of carbonyl (C=O) groups is 1. The van der Waals surface area contributed by atoms with E-state index < -0.39 is 0 Å². The van der Waals surface area contributed by atoms with Gasteiger partial charge in [-0.3, -0.25) is 9.36 Å². The van der Waals surface area contributed by atoms with Crippen molar-refractivity contribution < 1.29 is 9.53 Å². The Morgan fingerprint density at radius 1 is 1.05 bits per heavy atom. The highest BCUT2D eigenvalue weighted by Crippen LogP contribution is 2.29. The predicted octanol–water partition coefficient (Wildman–Crippen LogP) is 3.65. The highest BCUT2D eigenvalue weighted by molar-refractivity contribution is 6.04. The highest BCUT2D eigenvalue weighted by atomic mass is 16.5. The van der Waals surface area contributed by atoms with E-state index >= 15 is 0 Å². The molecule has 1 heterocycles. The van der Waals surface area contributed by atoms with Gasteiger partial charge in [0.1, 0.15) is 5.75 Å². The van der Waals surface area contributed by atoms with Gasteiger partial charge in [-0.1, -0.05) is 30.3 Å². The summed E-state index contributed by atoms with van der Waals surface area (Å²) in [6.07, 6.45) is 0. The molecule has 100 valence electrons. The molecule has 0 unspecified atom stereocenters. The molecule has 0 saturated carbocycles. The van der Waals surface area contributed by atoms with Crippen molar-refractivity contribution >= 4 is 16.8 Å². The number of para-hydroxylation sites is 1. The molecule has 0 aliphatic carbocycles. The molecule has 1 aromatic heterocycles. The maximum atomic E-state index is 12.7. The lowest BCUT2D eigenvalue weighted by Gasteiger charge is -2.09. The summed E-state index contributed by atoms with van der Waals surface area (Å²) < 4.78 is 7.11. The monoisotopic (exact) mass is 265 g/mol. The third-order valence-electron chi connectivity index (χ3n) is 3.41. The smallest absolute Gasteiger partial charge is 0.262 e. The van der Waals surface area contributed by atoms with Gasteiger partial charge in [-0.2, -0.15) is 0 Å². The molecule has 20 heavy (non-hydrogen) atoms. The lowest BCUT2D eigenvalue weighted by atomic mass is 10.2. The minimum atomic E-state index is -0.0393. The molecule has 0 amide bonds. The van der Waals surface area contributed by atoms with Crippen molar-refractivity contribution in [2.24, 2.45) is 0 Å². The van der Waals surface area contributed by atoms with Crippen molar-refractivity contribution in [1.29, 1.82) is 0 Å². The fraction of sp³-hybridized carbons (Fsp3) is 0.118. The van der Waals surface area contributed by atoms with E-state index in [0.29, 0.717) is 11.3 Å². The van der Waals surface area contributed by atoms with Crippen LogP contribution in [0.4, 0.5) is 0 Å². The number of aryl methyl sites for hydroxylation is 1. The lowest BCUT2D eigenvalue weighted by Crippen LogP contribution is -2.13. The van der Waals surface area contributed by atoms with Crippen LogP contribution < -0.4 is 4.74 Å². The predicted molar refractivity (Wildman–Crippen MR) is 79.4 cm³/mol. The van der Waals surface area contributed by atoms with Crippen LogP contribution in [0.3, 0.4) is 0 Å². The first-order valence-electron chi connectivity index (χ1n) is 6.47. The molecule has 0 spiro atoms. The van der Waals surface area contributed by atoms with Gasteiger partial charge in [0.2, 0.25) is 0 Å². The van der Waals surface area contributed by atoms with Gasteiger partial charge in [-0.05, 0) is 31.2 Å². The Balaban J connectivity index is 2.26. The van der Waals surface area contributed by atoms with Crippen molar-refractivity contribution in [3.63, 3.8) is 0 Å². The SMILES string of the molecule is COc1cccc2cc(C)n(C(=O)c3ccccc3)c12. The number of ether oxygens (including phenoxy) is 1. The number of hydrogen-bond acceptors (Lipinski definition) is 2. The third kappa shape index (κ3) is 1.88. The fourth-order valence-electron chi connectivity index (χ4n) is 2.50. The molecule has 3 nitrogen and oxygen atoms in total. The van der Waals surface area contributed by atoms with Gasteiger partial charge in [0.25, 0.3) is 5.91 Å². The fourth-order valence-corrected chi connectivity index (χ4v) is 2.50. The zero-order valence-corrected chi connectivity index (χ0v) is 11.5. The van der Waals surface area contributed by atoms with E-state index in [2.05, 4.69) is 0 Å². The molecule has 2 aromatic carbocycles. The molecule has 0 aliphatic rings. The molecular formula is C17H15NO2. The van der Waals surface area contributed by atoms with Crippen LogP contribution in [0.2, 0.25) is 0 Å². The van der Waals surface area contributed by atoms with E-state index in [9.17, 15) is 4.79 Å². The molecule has 3 rings (SSSR count). The summed E-state index contributed by atoms with van der Waals surface area (Å²) in [5.74, 6) is 0.669. The number of methoxy groups -OCH3 is 1. The van der Waals surface area contributed by atoms with Gasteiger partial charge in [-0.25, -0.2) is 0 Å². The number of rotatable bonds is 2. The maximum Gasteiger partial charge on any atom is 0.262 e. The molecule has 0 saturated heterocycles. The topological polar surface area (TPSA) is 31.2 Å².